The molecule has 0 spiro atoms. The normalized spacial score (nSPS) is 10.3. The molecule has 0 amide bonds. The molecular formula is C11H17O. The average molecular weight is 165 g/mol. The van der Waals surface area contributed by atoms with Gasteiger partial charge in [-0.2, -0.15) is 0 Å². The first-order valence-corrected chi connectivity index (χ1v) is 4.55. The minimum Gasteiger partial charge on any atom is -0.286 e. The number of hydrogen-bond donors (Lipinski definition) is 0. The zero-order valence-corrected chi connectivity index (χ0v) is 7.59. The molecule has 12 heavy (non-hydrogen) atoms. The first kappa shape index (κ1) is 11.2. The van der Waals surface area contributed by atoms with E-state index in [1.165, 1.54) is 31.8 Å². The second-order valence-electron chi connectivity index (χ2n) is 2.80. The predicted octanol–water partition coefficient (Wildman–Crippen LogP) is 3.18. The summed E-state index contributed by atoms with van der Waals surface area (Å²) >= 11 is 0. The Kier molecular flexibility index (Phi) is 9.43. The largest absolute Gasteiger partial charge is 0.286 e. The van der Waals surface area contributed by atoms with Crippen molar-refractivity contribution in [3.05, 3.63) is 24.8 Å². The first-order chi connectivity index (χ1) is 5.91. The monoisotopic (exact) mass is 165 g/mol. The number of allylic oxidation sites excluding steroid dienone is 3. The van der Waals surface area contributed by atoms with Crippen molar-refractivity contribution < 1.29 is 4.79 Å². The van der Waals surface area contributed by atoms with E-state index in [1.807, 2.05) is 12.2 Å². The SMILES string of the molecule is C=CCCCCCCC=C[C]=O. The molecule has 0 saturated heterocycles. The van der Waals surface area contributed by atoms with Crippen LogP contribution in [0.3, 0.4) is 0 Å². The van der Waals surface area contributed by atoms with Gasteiger partial charge in [0, 0.05) is 0 Å². The number of carbonyl (C=O) groups excluding carboxylic acids is 1. The maximum atomic E-state index is 9.76. The molecule has 0 aliphatic carbocycles. The topological polar surface area (TPSA) is 17.1 Å². The zero-order chi connectivity index (χ0) is 9.07. The second kappa shape index (κ2) is 10.2. The van der Waals surface area contributed by atoms with Crippen molar-refractivity contribution >= 4 is 6.29 Å². The molecule has 0 rings (SSSR count). The summed E-state index contributed by atoms with van der Waals surface area (Å²) in [5, 5.41) is 0. The maximum absolute atomic E-state index is 9.76. The van der Waals surface area contributed by atoms with E-state index in [0.717, 1.165) is 12.8 Å². The highest BCUT2D eigenvalue weighted by atomic mass is 16.1. The third-order valence-electron chi connectivity index (χ3n) is 1.71. The number of rotatable bonds is 8. The summed E-state index contributed by atoms with van der Waals surface area (Å²) in [6, 6.07) is 0. The second-order valence-corrected chi connectivity index (χ2v) is 2.80. The first-order valence-electron chi connectivity index (χ1n) is 4.55. The van der Waals surface area contributed by atoms with Crippen LogP contribution >= 0.6 is 0 Å². The molecule has 1 nitrogen and oxygen atoms in total. The minimum absolute atomic E-state index is 1.00. The summed E-state index contributed by atoms with van der Waals surface area (Å²) in [6.45, 7) is 3.66. The summed E-state index contributed by atoms with van der Waals surface area (Å²) in [5.41, 5.74) is 0. The van der Waals surface area contributed by atoms with Gasteiger partial charge >= 0.3 is 0 Å². The highest BCUT2D eigenvalue weighted by molar-refractivity contribution is 5.65. The molecular weight excluding hydrogens is 148 g/mol. The van der Waals surface area contributed by atoms with Gasteiger partial charge in [-0.25, -0.2) is 0 Å². The predicted molar refractivity (Wildman–Crippen MR) is 52.7 cm³/mol. The summed E-state index contributed by atoms with van der Waals surface area (Å²) in [6.07, 6.45) is 14.1. The third kappa shape index (κ3) is 9.15. The van der Waals surface area contributed by atoms with Crippen molar-refractivity contribution in [2.24, 2.45) is 0 Å². The van der Waals surface area contributed by atoms with Gasteiger partial charge in [-0.15, -0.1) is 6.58 Å². The van der Waals surface area contributed by atoms with Gasteiger partial charge in [-0.3, -0.25) is 4.79 Å². The van der Waals surface area contributed by atoms with Crippen molar-refractivity contribution in [3.8, 4) is 0 Å². The molecule has 0 aliphatic heterocycles. The van der Waals surface area contributed by atoms with Gasteiger partial charge in [-0.1, -0.05) is 25.0 Å². The van der Waals surface area contributed by atoms with Crippen molar-refractivity contribution in [2.75, 3.05) is 0 Å². The Morgan fingerprint density at radius 3 is 2.33 bits per heavy atom. The fourth-order valence-electron chi connectivity index (χ4n) is 1.04. The third-order valence-corrected chi connectivity index (χ3v) is 1.71. The van der Waals surface area contributed by atoms with Crippen LogP contribution in [-0.2, 0) is 4.79 Å². The van der Waals surface area contributed by atoms with Crippen molar-refractivity contribution in [2.45, 2.75) is 38.5 Å². The smallest absolute Gasteiger partial charge is 0.225 e. The van der Waals surface area contributed by atoms with E-state index >= 15 is 0 Å². The Balaban J connectivity index is 2.95. The van der Waals surface area contributed by atoms with E-state index < -0.39 is 0 Å². The lowest BCUT2D eigenvalue weighted by Crippen LogP contribution is -1.76. The van der Waals surface area contributed by atoms with Crippen LogP contribution in [0.15, 0.2) is 24.8 Å². The number of unbranched alkanes of at least 4 members (excludes halogenated alkanes) is 5. The standard InChI is InChI=1S/C11H17O/c1-2-3-4-5-6-7-8-9-10-11-12/h2,9-10H,1,3-8H2. The van der Waals surface area contributed by atoms with Gasteiger partial charge in [-0.05, 0) is 31.8 Å². The lowest BCUT2D eigenvalue weighted by atomic mass is 10.1. The Morgan fingerprint density at radius 1 is 1.08 bits per heavy atom. The van der Waals surface area contributed by atoms with E-state index in [-0.39, 0.29) is 0 Å². The van der Waals surface area contributed by atoms with Crippen LogP contribution in [0.4, 0.5) is 0 Å². The fourth-order valence-corrected chi connectivity index (χ4v) is 1.04. The average Bonchev–Trinajstić information content (AvgIpc) is 2.10. The Labute approximate surface area is 75.2 Å². The van der Waals surface area contributed by atoms with E-state index in [2.05, 4.69) is 6.58 Å². The van der Waals surface area contributed by atoms with Crippen molar-refractivity contribution in [1.29, 1.82) is 0 Å². The molecule has 0 aromatic carbocycles. The quantitative estimate of drug-likeness (QED) is 0.307. The molecule has 0 N–H and O–H groups in total. The fraction of sp³-hybridized carbons (Fsp3) is 0.545. The van der Waals surface area contributed by atoms with Gasteiger partial charge < -0.3 is 0 Å². The molecule has 0 bridgehead atoms. The van der Waals surface area contributed by atoms with Crippen LogP contribution in [0.1, 0.15) is 38.5 Å². The van der Waals surface area contributed by atoms with E-state index in [1.54, 1.807) is 6.29 Å². The number of hydrogen-bond acceptors (Lipinski definition) is 1. The molecule has 0 fully saturated rings. The summed E-state index contributed by atoms with van der Waals surface area (Å²) in [4.78, 5) is 9.76. The molecule has 0 aromatic rings. The van der Waals surface area contributed by atoms with Gasteiger partial charge in [0.2, 0.25) is 6.29 Å². The zero-order valence-electron chi connectivity index (χ0n) is 7.59. The highest BCUT2D eigenvalue weighted by Gasteiger charge is 1.86. The molecule has 0 aliphatic rings. The summed E-state index contributed by atoms with van der Waals surface area (Å²) in [7, 11) is 0. The van der Waals surface area contributed by atoms with Crippen LogP contribution in [0, 0.1) is 0 Å². The van der Waals surface area contributed by atoms with Gasteiger partial charge in [0.05, 0.1) is 0 Å². The van der Waals surface area contributed by atoms with Crippen molar-refractivity contribution in [1.82, 2.24) is 0 Å². The molecule has 0 saturated carbocycles. The Morgan fingerprint density at radius 2 is 1.75 bits per heavy atom. The van der Waals surface area contributed by atoms with Gasteiger partial charge in [0.1, 0.15) is 0 Å². The molecule has 1 radical (unpaired) electrons. The molecule has 67 valence electrons. The van der Waals surface area contributed by atoms with Crippen LogP contribution in [0.25, 0.3) is 0 Å². The lowest BCUT2D eigenvalue weighted by Gasteiger charge is -1.95. The Bertz CT molecular complexity index is 136. The molecule has 0 aromatic heterocycles. The minimum atomic E-state index is 1.00. The maximum Gasteiger partial charge on any atom is 0.225 e. The van der Waals surface area contributed by atoms with E-state index in [4.69, 9.17) is 0 Å². The Hall–Kier alpha value is -0.850. The van der Waals surface area contributed by atoms with Crippen LogP contribution in [0.2, 0.25) is 0 Å². The van der Waals surface area contributed by atoms with Gasteiger partial charge in [0.25, 0.3) is 0 Å². The summed E-state index contributed by atoms with van der Waals surface area (Å²) in [5.74, 6) is 0. The molecule has 0 atom stereocenters. The van der Waals surface area contributed by atoms with E-state index in [9.17, 15) is 4.79 Å². The van der Waals surface area contributed by atoms with Crippen LogP contribution in [-0.4, -0.2) is 6.29 Å². The van der Waals surface area contributed by atoms with Gasteiger partial charge in [0.15, 0.2) is 0 Å². The molecule has 1 heteroatoms. The highest BCUT2D eigenvalue weighted by Crippen LogP contribution is 2.05. The van der Waals surface area contributed by atoms with Crippen LogP contribution < -0.4 is 0 Å². The van der Waals surface area contributed by atoms with E-state index in [0.29, 0.717) is 0 Å². The van der Waals surface area contributed by atoms with Crippen LogP contribution in [0.5, 0.6) is 0 Å². The van der Waals surface area contributed by atoms with Crippen molar-refractivity contribution in [3.63, 3.8) is 0 Å². The lowest BCUT2D eigenvalue weighted by molar-refractivity contribution is 0.564. The summed E-state index contributed by atoms with van der Waals surface area (Å²) < 4.78 is 0. The molecule has 0 unspecified atom stereocenters. The molecule has 0 heterocycles.